The lowest BCUT2D eigenvalue weighted by molar-refractivity contribution is -0.161. The van der Waals surface area contributed by atoms with Gasteiger partial charge in [-0.05, 0) is 135 Å². The first-order valence-corrected chi connectivity index (χ1v) is 37.8. The monoisotopic (exact) mass is 1280 g/mol. The number of esters is 2. The second-order valence-corrected chi connectivity index (χ2v) is 24.8. The summed E-state index contributed by atoms with van der Waals surface area (Å²) >= 11 is 0. The Kier molecular flexibility index (Phi) is 70.2. The molecule has 0 amide bonds. The third-order valence-electron chi connectivity index (χ3n) is 14.8. The fraction of sp³-hybridized carbons (Fsp3) is 0.605. The van der Waals surface area contributed by atoms with Gasteiger partial charge in [-0.1, -0.05) is 318 Å². The number of hydrogen-bond donors (Lipinski definition) is 2. The first-order chi connectivity index (χ1) is 44.8. The summed E-state index contributed by atoms with van der Waals surface area (Å²) in [7, 11) is -4.41. The van der Waals surface area contributed by atoms with Crippen molar-refractivity contribution < 1.29 is 37.6 Å². The number of hydrogen-bond acceptors (Lipinski definition) is 8. The lowest BCUT2D eigenvalue weighted by atomic mass is 10.0. The van der Waals surface area contributed by atoms with E-state index in [1.54, 1.807) is 0 Å². The van der Waals surface area contributed by atoms with Crippen molar-refractivity contribution in [2.75, 3.05) is 26.4 Å². The molecule has 2 atom stereocenters. The van der Waals surface area contributed by atoms with E-state index < -0.39 is 26.5 Å². The van der Waals surface area contributed by atoms with Gasteiger partial charge >= 0.3 is 19.8 Å². The normalized spacial score (nSPS) is 14.0. The first-order valence-electron chi connectivity index (χ1n) is 36.3. The van der Waals surface area contributed by atoms with Crippen LogP contribution in [-0.2, 0) is 32.7 Å². The quantitative estimate of drug-likeness (QED) is 0.0264. The Morgan fingerprint density at radius 3 is 0.846 bits per heavy atom. The van der Waals surface area contributed by atoms with Gasteiger partial charge in [-0.3, -0.25) is 18.6 Å². The Labute approximate surface area is 558 Å². The van der Waals surface area contributed by atoms with Gasteiger partial charge in [0.05, 0.1) is 13.2 Å². The largest absolute Gasteiger partial charge is 0.472 e. The summed E-state index contributed by atoms with van der Waals surface area (Å²) in [6, 6.07) is 0. The highest BCUT2D eigenvalue weighted by atomic mass is 31.2. The number of carbonyl (C=O) groups excluding carboxylic acids is 2. The third-order valence-corrected chi connectivity index (χ3v) is 15.8. The minimum atomic E-state index is -4.41. The number of rotatable bonds is 66. The summed E-state index contributed by atoms with van der Waals surface area (Å²) in [5, 5.41) is 0. The van der Waals surface area contributed by atoms with E-state index in [0.29, 0.717) is 6.42 Å². The Hall–Kier alpha value is -4.89. The molecule has 0 saturated carbocycles. The number of allylic oxidation sites excluding steroid dienone is 30. The van der Waals surface area contributed by atoms with Gasteiger partial charge in [0, 0.05) is 19.4 Å². The highest BCUT2D eigenvalue weighted by Crippen LogP contribution is 2.43. The molecule has 0 aromatic heterocycles. The fourth-order valence-corrected chi connectivity index (χ4v) is 10.3. The molecular weight excluding hydrogens is 1150 g/mol. The van der Waals surface area contributed by atoms with Crippen molar-refractivity contribution in [3.63, 3.8) is 0 Å². The van der Waals surface area contributed by atoms with Crippen LogP contribution < -0.4 is 5.73 Å². The summed E-state index contributed by atoms with van der Waals surface area (Å²) in [5.74, 6) is -0.841. The molecule has 0 radical (unpaired) electrons. The van der Waals surface area contributed by atoms with Crippen LogP contribution in [0.3, 0.4) is 0 Å². The van der Waals surface area contributed by atoms with Crippen molar-refractivity contribution in [2.45, 2.75) is 290 Å². The number of phosphoric ester groups is 1. The molecular formula is C81H132NO8P. The van der Waals surface area contributed by atoms with E-state index in [1.807, 2.05) is 0 Å². The van der Waals surface area contributed by atoms with E-state index in [2.05, 4.69) is 196 Å². The van der Waals surface area contributed by atoms with Crippen LogP contribution in [0, 0.1) is 0 Å². The third kappa shape index (κ3) is 74.0. The summed E-state index contributed by atoms with van der Waals surface area (Å²) in [4.78, 5) is 35.4. The molecule has 0 aliphatic carbocycles. The van der Waals surface area contributed by atoms with Gasteiger partial charge in [-0.25, -0.2) is 4.57 Å². The second-order valence-electron chi connectivity index (χ2n) is 23.3. The van der Waals surface area contributed by atoms with E-state index in [4.69, 9.17) is 24.3 Å². The van der Waals surface area contributed by atoms with E-state index in [1.165, 1.54) is 109 Å². The van der Waals surface area contributed by atoms with Gasteiger partial charge < -0.3 is 20.1 Å². The average Bonchev–Trinajstić information content (AvgIpc) is 3.74. The van der Waals surface area contributed by atoms with Crippen LogP contribution in [0.15, 0.2) is 182 Å². The van der Waals surface area contributed by atoms with Crippen molar-refractivity contribution in [3.05, 3.63) is 182 Å². The second kappa shape index (κ2) is 74.2. The van der Waals surface area contributed by atoms with Gasteiger partial charge in [0.1, 0.15) is 6.61 Å². The molecule has 0 aliphatic rings. The summed E-state index contributed by atoms with van der Waals surface area (Å²) in [5.41, 5.74) is 5.41. The molecule has 0 heterocycles. The lowest BCUT2D eigenvalue weighted by Crippen LogP contribution is -2.29. The van der Waals surface area contributed by atoms with Crippen molar-refractivity contribution in [1.29, 1.82) is 0 Å². The fourth-order valence-electron chi connectivity index (χ4n) is 9.52. The van der Waals surface area contributed by atoms with Crippen LogP contribution in [0.2, 0.25) is 0 Å². The smallest absolute Gasteiger partial charge is 0.462 e. The molecule has 91 heavy (non-hydrogen) atoms. The topological polar surface area (TPSA) is 134 Å². The van der Waals surface area contributed by atoms with Crippen LogP contribution in [0.1, 0.15) is 284 Å². The molecule has 0 aromatic carbocycles. The summed E-state index contributed by atoms with van der Waals surface area (Å²) in [6.45, 7) is 3.51. The Morgan fingerprint density at radius 1 is 0.330 bits per heavy atom. The highest BCUT2D eigenvalue weighted by molar-refractivity contribution is 7.47. The zero-order chi connectivity index (χ0) is 65.8. The van der Waals surface area contributed by atoms with E-state index in [9.17, 15) is 19.0 Å². The number of phosphoric acid groups is 1. The zero-order valence-corrected chi connectivity index (χ0v) is 58.6. The predicted octanol–water partition coefficient (Wildman–Crippen LogP) is 24.3. The lowest BCUT2D eigenvalue weighted by Gasteiger charge is -2.19. The summed E-state index contributed by atoms with van der Waals surface area (Å²) in [6.07, 6.45) is 111. The van der Waals surface area contributed by atoms with E-state index >= 15 is 0 Å². The standard InChI is InChI=1S/C81H132NO8P/c1-3-5-7-9-11-13-15-17-19-21-23-25-27-29-31-33-35-37-38-39-40-42-44-46-48-50-52-54-56-58-60-62-64-66-68-70-72-74-81(84)90-79(78-89-91(85,86)88-76-75-82)77-87-80(83)73-71-69-67-65-63-61-59-57-55-53-51-49-47-45-43-41-36-34-32-30-28-26-24-22-20-18-16-14-12-10-8-6-4-2/h5-8,11-14,17-20,23-26,29-32,35-37,39-41,44,46,50,52,79H,3-4,9-10,15-16,21-22,27-28,33-34,38,42-43,45,47-49,51,53-78,82H2,1-2H3,(H,85,86)/b7-5-,8-6-,13-11-,14-12-,19-17-,20-18-,25-23-,26-24-,31-29-,32-30-,37-35-,40-39-,41-36-,46-44-,52-50-. The van der Waals surface area contributed by atoms with Crippen LogP contribution in [0.5, 0.6) is 0 Å². The van der Waals surface area contributed by atoms with Gasteiger partial charge in [0.25, 0.3) is 0 Å². The van der Waals surface area contributed by atoms with Gasteiger partial charge in [-0.15, -0.1) is 0 Å². The average molecular weight is 1280 g/mol. The van der Waals surface area contributed by atoms with Crippen molar-refractivity contribution in [2.24, 2.45) is 5.73 Å². The summed E-state index contributed by atoms with van der Waals surface area (Å²) < 4.78 is 33.2. The molecule has 0 bridgehead atoms. The van der Waals surface area contributed by atoms with E-state index in [0.717, 1.165) is 141 Å². The molecule has 514 valence electrons. The van der Waals surface area contributed by atoms with Crippen molar-refractivity contribution in [1.82, 2.24) is 0 Å². The molecule has 10 heteroatoms. The first kappa shape index (κ1) is 86.1. The SMILES string of the molecule is CC/C=C\C/C=C\C/C=C\C/C=C\C/C=C\C/C=C\C/C=C\C/C=C\C/C=C\CCCCCCCCCCCC(=O)OC(COC(=O)CCCCCCCCCCCCCCCC/C=C\C/C=C\C/C=C\C/C=C\C/C=C\C/C=C\CC)COP(=O)(O)OCCN. The minimum Gasteiger partial charge on any atom is -0.462 e. The number of carbonyl (C=O) groups is 2. The van der Waals surface area contributed by atoms with E-state index in [-0.39, 0.29) is 38.6 Å². The van der Waals surface area contributed by atoms with Gasteiger partial charge in [0.2, 0.25) is 0 Å². The number of nitrogens with two attached hydrogens (primary N) is 1. The maximum Gasteiger partial charge on any atom is 0.472 e. The van der Waals surface area contributed by atoms with Crippen LogP contribution >= 0.6 is 7.82 Å². The van der Waals surface area contributed by atoms with Crippen molar-refractivity contribution >= 4 is 19.8 Å². The number of ether oxygens (including phenoxy) is 2. The number of unbranched alkanes of at least 4 members (excludes halogenated alkanes) is 23. The van der Waals surface area contributed by atoms with Crippen LogP contribution in [0.4, 0.5) is 0 Å². The molecule has 0 aliphatic heterocycles. The Morgan fingerprint density at radius 2 is 0.571 bits per heavy atom. The molecule has 0 fully saturated rings. The Bertz CT molecular complexity index is 2150. The Balaban J connectivity index is 3.95. The maximum atomic E-state index is 12.8. The molecule has 3 N–H and O–H groups in total. The molecule has 9 nitrogen and oxygen atoms in total. The molecule has 0 rings (SSSR count). The predicted molar refractivity (Wildman–Crippen MR) is 394 cm³/mol. The van der Waals surface area contributed by atoms with Crippen LogP contribution in [0.25, 0.3) is 0 Å². The molecule has 2 unspecified atom stereocenters. The van der Waals surface area contributed by atoms with Crippen molar-refractivity contribution in [3.8, 4) is 0 Å². The molecule has 0 spiro atoms. The minimum absolute atomic E-state index is 0.0442. The zero-order valence-electron chi connectivity index (χ0n) is 57.8. The van der Waals surface area contributed by atoms with Gasteiger partial charge in [-0.2, -0.15) is 0 Å². The molecule has 0 saturated heterocycles. The van der Waals surface area contributed by atoms with Crippen LogP contribution in [-0.4, -0.2) is 49.3 Å². The highest BCUT2D eigenvalue weighted by Gasteiger charge is 2.26. The maximum absolute atomic E-state index is 12.8. The molecule has 0 aromatic rings. The van der Waals surface area contributed by atoms with Gasteiger partial charge in [0.15, 0.2) is 6.10 Å².